The van der Waals surface area contributed by atoms with E-state index in [1.807, 2.05) is 18.2 Å². The first kappa shape index (κ1) is 16.5. The molecule has 0 bridgehead atoms. The fourth-order valence-electron chi connectivity index (χ4n) is 2.98. The smallest absolute Gasteiger partial charge is 0.336 e. The Bertz CT molecular complexity index is 678. The molecule has 126 valence electrons. The Labute approximate surface area is 141 Å². The molecule has 0 aliphatic carbocycles. The second-order valence-corrected chi connectivity index (χ2v) is 5.93. The zero-order chi connectivity index (χ0) is 16.8. The average Bonchev–Trinajstić information content (AvgIpc) is 2.61. The number of morpholine rings is 1. The van der Waals surface area contributed by atoms with Crippen LogP contribution in [0.3, 0.4) is 0 Å². The highest BCUT2D eigenvalue weighted by atomic mass is 16.5. The third-order valence-corrected chi connectivity index (χ3v) is 4.23. The van der Waals surface area contributed by atoms with Gasteiger partial charge in [0.2, 0.25) is 0 Å². The minimum atomic E-state index is -0.876. The molecule has 1 aromatic heterocycles. The van der Waals surface area contributed by atoms with Crippen LogP contribution in [0.1, 0.15) is 28.0 Å². The molecule has 1 fully saturated rings. The predicted molar refractivity (Wildman–Crippen MR) is 88.8 cm³/mol. The molecular weight excluding hydrogens is 306 g/mol. The molecule has 1 unspecified atom stereocenters. The summed E-state index contributed by atoms with van der Waals surface area (Å²) in [7, 11) is 0. The van der Waals surface area contributed by atoms with Crippen LogP contribution in [-0.2, 0) is 17.7 Å². The van der Waals surface area contributed by atoms with Gasteiger partial charge in [0.15, 0.2) is 0 Å². The van der Waals surface area contributed by atoms with Crippen LogP contribution < -0.4 is 0 Å². The van der Waals surface area contributed by atoms with Crippen LogP contribution >= 0.6 is 0 Å². The fraction of sp³-hybridized carbons (Fsp3) is 0.389. The Kier molecular flexibility index (Phi) is 5.51. The highest BCUT2D eigenvalue weighted by molar-refractivity contribution is 5.89. The van der Waals surface area contributed by atoms with Crippen LogP contribution in [0.15, 0.2) is 42.9 Å². The van der Waals surface area contributed by atoms with Crippen molar-refractivity contribution < 1.29 is 14.6 Å². The Morgan fingerprint density at radius 3 is 3.00 bits per heavy atom. The molecule has 1 saturated heterocycles. The number of benzene rings is 1. The van der Waals surface area contributed by atoms with E-state index in [4.69, 9.17) is 4.74 Å². The minimum Gasteiger partial charge on any atom is -0.478 e. The minimum absolute atomic E-state index is 0.144. The van der Waals surface area contributed by atoms with Gasteiger partial charge < -0.3 is 9.84 Å². The molecule has 1 atom stereocenters. The van der Waals surface area contributed by atoms with E-state index in [9.17, 15) is 9.90 Å². The molecule has 3 rings (SSSR count). The van der Waals surface area contributed by atoms with Crippen molar-refractivity contribution in [1.82, 2.24) is 14.9 Å². The maximum absolute atomic E-state index is 11.3. The summed E-state index contributed by atoms with van der Waals surface area (Å²) in [5.74, 6) is -0.876. The van der Waals surface area contributed by atoms with Crippen molar-refractivity contribution in [3.8, 4) is 0 Å². The molecule has 2 heterocycles. The van der Waals surface area contributed by atoms with E-state index in [1.54, 1.807) is 24.7 Å². The molecule has 0 spiro atoms. The topological polar surface area (TPSA) is 75.5 Å². The first-order chi connectivity index (χ1) is 11.7. The maximum atomic E-state index is 11.3. The Morgan fingerprint density at radius 2 is 2.21 bits per heavy atom. The number of carbonyl (C=O) groups is 1. The Morgan fingerprint density at radius 1 is 1.33 bits per heavy atom. The average molecular weight is 327 g/mol. The summed E-state index contributed by atoms with van der Waals surface area (Å²) in [4.78, 5) is 21.8. The molecule has 24 heavy (non-hydrogen) atoms. The number of aryl methyl sites for hydroxylation is 1. The highest BCUT2D eigenvalue weighted by Gasteiger charge is 2.22. The van der Waals surface area contributed by atoms with Crippen molar-refractivity contribution in [3.63, 3.8) is 0 Å². The van der Waals surface area contributed by atoms with Crippen LogP contribution in [0.2, 0.25) is 0 Å². The number of hydrogen-bond acceptors (Lipinski definition) is 5. The zero-order valence-corrected chi connectivity index (χ0v) is 13.5. The van der Waals surface area contributed by atoms with E-state index in [2.05, 4.69) is 14.9 Å². The summed E-state index contributed by atoms with van der Waals surface area (Å²) >= 11 is 0. The Balaban J connectivity index is 1.57. The van der Waals surface area contributed by atoms with Gasteiger partial charge in [0.25, 0.3) is 0 Å². The quantitative estimate of drug-likeness (QED) is 0.875. The number of hydrogen-bond donors (Lipinski definition) is 1. The van der Waals surface area contributed by atoms with Crippen molar-refractivity contribution in [2.75, 3.05) is 19.7 Å². The molecule has 6 heteroatoms. The van der Waals surface area contributed by atoms with Crippen molar-refractivity contribution >= 4 is 5.97 Å². The van der Waals surface area contributed by atoms with Gasteiger partial charge in [-0.25, -0.2) is 14.8 Å². The number of rotatable bonds is 6. The number of ether oxygens (including phenoxy) is 1. The van der Waals surface area contributed by atoms with Gasteiger partial charge in [-0.15, -0.1) is 0 Å². The molecule has 6 nitrogen and oxygen atoms in total. The molecule has 0 amide bonds. The van der Waals surface area contributed by atoms with Gasteiger partial charge in [0, 0.05) is 31.5 Å². The summed E-state index contributed by atoms with van der Waals surface area (Å²) in [6.07, 6.45) is 5.21. The van der Waals surface area contributed by atoms with Crippen molar-refractivity contribution in [2.45, 2.75) is 25.5 Å². The Hall–Kier alpha value is -2.31. The van der Waals surface area contributed by atoms with Gasteiger partial charge in [0.1, 0.15) is 6.33 Å². The van der Waals surface area contributed by atoms with E-state index in [0.29, 0.717) is 18.7 Å². The van der Waals surface area contributed by atoms with Crippen molar-refractivity contribution in [3.05, 3.63) is 59.7 Å². The van der Waals surface area contributed by atoms with Crippen LogP contribution in [0.5, 0.6) is 0 Å². The summed E-state index contributed by atoms with van der Waals surface area (Å²) in [5, 5.41) is 9.30. The second-order valence-electron chi connectivity index (χ2n) is 5.93. The molecule has 0 saturated carbocycles. The lowest BCUT2D eigenvalue weighted by Crippen LogP contribution is -2.42. The van der Waals surface area contributed by atoms with Gasteiger partial charge in [-0.05, 0) is 30.5 Å². The molecular formula is C18H21N3O3. The summed E-state index contributed by atoms with van der Waals surface area (Å²) in [5.41, 5.74) is 2.24. The normalized spacial score (nSPS) is 18.4. The first-order valence-corrected chi connectivity index (χ1v) is 8.12. The largest absolute Gasteiger partial charge is 0.478 e. The molecule has 2 aromatic rings. The molecule has 1 aromatic carbocycles. The molecule has 1 N–H and O–H groups in total. The standard InChI is InChI=1S/C18H21N3O3/c22-18(23)17-4-2-1-3-14(17)11-21-9-10-24-16(12-21)6-5-15-7-8-19-13-20-15/h1-4,7-8,13,16H,5-6,9-12H2,(H,22,23). The lowest BCUT2D eigenvalue weighted by molar-refractivity contribution is -0.0347. The summed E-state index contributed by atoms with van der Waals surface area (Å²) in [6.45, 7) is 2.93. The number of aromatic nitrogens is 2. The van der Waals surface area contributed by atoms with E-state index in [0.717, 1.165) is 37.2 Å². The van der Waals surface area contributed by atoms with Gasteiger partial charge in [0.05, 0.1) is 18.3 Å². The molecule has 0 radical (unpaired) electrons. The molecule has 1 aliphatic heterocycles. The van der Waals surface area contributed by atoms with Crippen molar-refractivity contribution in [1.29, 1.82) is 0 Å². The third kappa shape index (κ3) is 4.37. The zero-order valence-electron chi connectivity index (χ0n) is 13.5. The van der Waals surface area contributed by atoms with Gasteiger partial charge in [-0.1, -0.05) is 18.2 Å². The van der Waals surface area contributed by atoms with E-state index in [-0.39, 0.29) is 6.10 Å². The van der Waals surface area contributed by atoms with Gasteiger partial charge >= 0.3 is 5.97 Å². The lowest BCUT2D eigenvalue weighted by Gasteiger charge is -2.33. The number of aromatic carboxylic acids is 1. The van der Waals surface area contributed by atoms with Crippen LogP contribution in [-0.4, -0.2) is 51.7 Å². The second kappa shape index (κ2) is 7.99. The maximum Gasteiger partial charge on any atom is 0.336 e. The highest BCUT2D eigenvalue weighted by Crippen LogP contribution is 2.16. The SMILES string of the molecule is O=C(O)c1ccccc1CN1CCOC(CCc2ccncn2)C1. The summed E-state index contributed by atoms with van der Waals surface area (Å²) in [6, 6.07) is 9.11. The number of carboxylic acids is 1. The lowest BCUT2D eigenvalue weighted by atomic mass is 10.1. The van der Waals surface area contributed by atoms with Crippen LogP contribution in [0, 0.1) is 0 Å². The van der Waals surface area contributed by atoms with Crippen molar-refractivity contribution in [2.24, 2.45) is 0 Å². The number of nitrogens with zero attached hydrogens (tertiary/aromatic N) is 3. The number of carboxylic acid groups (broad SMARTS) is 1. The fourth-order valence-corrected chi connectivity index (χ4v) is 2.98. The predicted octanol–water partition coefficient (Wildman–Crippen LogP) is 2.01. The van der Waals surface area contributed by atoms with Gasteiger partial charge in [-0.2, -0.15) is 0 Å². The van der Waals surface area contributed by atoms with E-state index in [1.165, 1.54) is 0 Å². The van der Waals surface area contributed by atoms with Crippen LogP contribution in [0.25, 0.3) is 0 Å². The monoisotopic (exact) mass is 327 g/mol. The van der Waals surface area contributed by atoms with Gasteiger partial charge in [-0.3, -0.25) is 4.90 Å². The van der Waals surface area contributed by atoms with E-state index >= 15 is 0 Å². The van der Waals surface area contributed by atoms with E-state index < -0.39 is 5.97 Å². The molecule has 1 aliphatic rings. The summed E-state index contributed by atoms with van der Waals surface area (Å²) < 4.78 is 5.84. The third-order valence-electron chi connectivity index (χ3n) is 4.23. The first-order valence-electron chi connectivity index (χ1n) is 8.12. The van der Waals surface area contributed by atoms with Crippen LogP contribution in [0.4, 0.5) is 0 Å².